The lowest BCUT2D eigenvalue weighted by atomic mass is 9.89. The van der Waals surface area contributed by atoms with E-state index in [0.29, 0.717) is 0 Å². The van der Waals surface area contributed by atoms with Crippen molar-refractivity contribution in [3.63, 3.8) is 0 Å². The van der Waals surface area contributed by atoms with Crippen molar-refractivity contribution in [2.24, 2.45) is 0 Å². The second-order valence-corrected chi connectivity index (χ2v) is 4.88. The molecule has 0 N–H and O–H groups in total. The van der Waals surface area contributed by atoms with Crippen molar-refractivity contribution in [3.8, 4) is 0 Å². The molecule has 0 saturated heterocycles. The molecule has 0 radical (unpaired) electrons. The van der Waals surface area contributed by atoms with Crippen LogP contribution >= 0.6 is 0 Å². The maximum atomic E-state index is 13.1. The fourth-order valence-electron chi connectivity index (χ4n) is 1.42. The first-order valence-electron chi connectivity index (χ1n) is 5.94. The van der Waals surface area contributed by atoms with Crippen LogP contribution in [-0.2, 0) is 0 Å². The Morgan fingerprint density at radius 3 is 1.12 bits per heavy atom. The van der Waals surface area contributed by atoms with Crippen molar-refractivity contribution in [3.05, 3.63) is 0 Å². The van der Waals surface area contributed by atoms with Gasteiger partial charge in [0.05, 0.1) is 0 Å². The van der Waals surface area contributed by atoms with E-state index in [1.165, 1.54) is 0 Å². The van der Waals surface area contributed by atoms with Crippen LogP contribution in [0.3, 0.4) is 0 Å². The van der Waals surface area contributed by atoms with Gasteiger partial charge in [0.1, 0.15) is 0 Å². The predicted molar refractivity (Wildman–Crippen MR) is 50.9 cm³/mol. The highest BCUT2D eigenvalue weighted by molar-refractivity contribution is 5.13. The van der Waals surface area contributed by atoms with E-state index in [4.69, 9.17) is 0 Å². The minimum absolute atomic E-state index is 0.00384. The topological polar surface area (TPSA) is 0 Å². The molecule has 0 heterocycles. The van der Waals surface area contributed by atoms with Crippen LogP contribution in [0.15, 0.2) is 0 Å². The normalized spacial score (nSPS) is 17.4. The van der Waals surface area contributed by atoms with Gasteiger partial charge in [-0.25, -0.2) is 4.39 Å². The highest BCUT2D eigenvalue weighted by Gasteiger charge is 2.91. The smallest absolute Gasteiger partial charge is 0.230 e. The van der Waals surface area contributed by atoms with Gasteiger partial charge >= 0.3 is 41.7 Å². The van der Waals surface area contributed by atoms with Crippen LogP contribution in [0, 0.1) is 0 Å². The summed E-state index contributed by atoms with van der Waals surface area (Å²) in [5.41, 5.74) is 0. The average molecular weight is 430 g/mol. The van der Waals surface area contributed by atoms with Gasteiger partial charge in [-0.15, -0.1) is 0 Å². The lowest BCUT2D eigenvalue weighted by Crippen LogP contribution is -2.72. The van der Waals surface area contributed by atoms with Crippen molar-refractivity contribution in [2.45, 2.75) is 61.2 Å². The third-order valence-corrected chi connectivity index (χ3v) is 3.11. The minimum Gasteiger partial charge on any atom is -0.230 e. The van der Waals surface area contributed by atoms with Gasteiger partial charge in [-0.1, -0.05) is 6.92 Å². The molecular formula is C10H6F16. The first kappa shape index (κ1) is 24.9. The van der Waals surface area contributed by atoms with E-state index in [1.54, 1.807) is 0 Å². The molecule has 0 aliphatic carbocycles. The number of hydrogen-bond acceptors (Lipinski definition) is 0. The van der Waals surface area contributed by atoms with Gasteiger partial charge in [-0.2, -0.15) is 65.9 Å². The molecule has 0 aliphatic heterocycles. The Labute approximate surface area is 133 Å². The molecule has 0 bridgehead atoms. The number of hydrogen-bond donors (Lipinski definition) is 0. The van der Waals surface area contributed by atoms with E-state index in [1.807, 2.05) is 0 Å². The summed E-state index contributed by atoms with van der Waals surface area (Å²) < 4.78 is 203. The zero-order valence-corrected chi connectivity index (χ0v) is 11.8. The van der Waals surface area contributed by atoms with Crippen LogP contribution < -0.4 is 0 Å². The zero-order chi connectivity index (χ0) is 21.8. The summed E-state index contributed by atoms with van der Waals surface area (Å²) in [6.07, 6.45) is -15.6. The van der Waals surface area contributed by atoms with Crippen LogP contribution in [0.1, 0.15) is 13.3 Å². The monoisotopic (exact) mass is 430 g/mol. The Bertz CT molecular complexity index is 500. The summed E-state index contributed by atoms with van der Waals surface area (Å²) in [6.45, 7) is -0.00384. The maximum Gasteiger partial charge on any atom is 0.425 e. The van der Waals surface area contributed by atoms with Crippen LogP contribution in [0.2, 0.25) is 0 Å². The summed E-state index contributed by atoms with van der Waals surface area (Å²) >= 11 is 0. The first-order chi connectivity index (χ1) is 11.0. The SMILES string of the molecule is CCC(F)(F)C(F)(F)C(F)(F)C(F)(F)C(F)(F)C(F)(F)C(F)C(F)(F)F. The Balaban J connectivity index is 6.45. The third-order valence-electron chi connectivity index (χ3n) is 3.11. The molecule has 0 saturated carbocycles. The summed E-state index contributed by atoms with van der Waals surface area (Å²) in [7, 11) is 0. The molecule has 26 heavy (non-hydrogen) atoms. The molecule has 0 fully saturated rings. The van der Waals surface area contributed by atoms with Crippen LogP contribution in [0.25, 0.3) is 0 Å². The molecule has 0 amide bonds. The molecule has 0 nitrogen and oxygen atoms in total. The molecular weight excluding hydrogens is 424 g/mol. The molecule has 16 heteroatoms. The molecule has 1 atom stereocenters. The molecule has 1 unspecified atom stereocenters. The molecule has 0 aromatic heterocycles. The summed E-state index contributed by atoms with van der Waals surface area (Å²) in [6, 6.07) is 0. The van der Waals surface area contributed by atoms with E-state index in [0.717, 1.165) is 0 Å². The largest absolute Gasteiger partial charge is 0.425 e. The fraction of sp³-hybridized carbons (Fsp3) is 1.00. The Hall–Kier alpha value is -1.12. The van der Waals surface area contributed by atoms with Crippen molar-refractivity contribution in [1.29, 1.82) is 0 Å². The molecule has 0 rings (SSSR count). The van der Waals surface area contributed by atoms with E-state index < -0.39 is 54.3 Å². The van der Waals surface area contributed by atoms with Crippen molar-refractivity contribution < 1.29 is 70.2 Å². The highest BCUT2D eigenvalue weighted by atomic mass is 19.4. The summed E-state index contributed by atoms with van der Waals surface area (Å²) in [5.74, 6) is -45.7. The number of halogens is 16. The van der Waals surface area contributed by atoms with Crippen LogP contribution in [-0.4, -0.2) is 47.9 Å². The predicted octanol–water partition coefficient (Wildman–Crippen LogP) is 6.11. The van der Waals surface area contributed by atoms with Crippen LogP contribution in [0.5, 0.6) is 0 Å². The van der Waals surface area contributed by atoms with Crippen LogP contribution in [0.4, 0.5) is 70.2 Å². The lowest BCUT2D eigenvalue weighted by Gasteiger charge is -2.41. The fourth-order valence-corrected chi connectivity index (χ4v) is 1.42. The molecule has 0 aromatic rings. The van der Waals surface area contributed by atoms with Gasteiger partial charge in [-0.05, 0) is 0 Å². The summed E-state index contributed by atoms with van der Waals surface area (Å²) in [4.78, 5) is 0. The Kier molecular flexibility index (Phi) is 5.94. The van der Waals surface area contributed by atoms with Gasteiger partial charge in [0.15, 0.2) is 0 Å². The minimum atomic E-state index is -8.22. The average Bonchev–Trinajstić information content (AvgIpc) is 2.44. The second kappa shape index (κ2) is 6.21. The Morgan fingerprint density at radius 1 is 0.538 bits per heavy atom. The standard InChI is InChI=1S/C10H6F16/c1-2-4(12,13)7(19,20)9(23,24)10(25,26)8(21,22)5(14,15)3(11)6(16,17)18/h3H,2H2,1H3. The summed E-state index contributed by atoms with van der Waals surface area (Å²) in [5, 5.41) is 0. The van der Waals surface area contributed by atoms with Gasteiger partial charge in [0, 0.05) is 6.42 Å². The van der Waals surface area contributed by atoms with Gasteiger partial charge in [-0.3, -0.25) is 0 Å². The molecule has 158 valence electrons. The third kappa shape index (κ3) is 3.16. The number of rotatable bonds is 7. The second-order valence-electron chi connectivity index (χ2n) is 4.88. The van der Waals surface area contributed by atoms with Crippen molar-refractivity contribution in [1.82, 2.24) is 0 Å². The molecule has 0 aliphatic rings. The quantitative estimate of drug-likeness (QED) is 0.428. The lowest BCUT2D eigenvalue weighted by molar-refractivity contribution is -0.435. The maximum absolute atomic E-state index is 13.1. The van der Waals surface area contributed by atoms with Crippen molar-refractivity contribution >= 4 is 0 Å². The van der Waals surface area contributed by atoms with E-state index in [2.05, 4.69) is 0 Å². The van der Waals surface area contributed by atoms with E-state index >= 15 is 0 Å². The first-order valence-corrected chi connectivity index (χ1v) is 5.94. The highest BCUT2D eigenvalue weighted by Crippen LogP contribution is 2.61. The van der Waals surface area contributed by atoms with Gasteiger partial charge in [0.25, 0.3) is 6.17 Å². The molecule has 0 spiro atoms. The van der Waals surface area contributed by atoms with E-state index in [9.17, 15) is 70.2 Å². The van der Waals surface area contributed by atoms with E-state index in [-0.39, 0.29) is 6.92 Å². The number of alkyl halides is 16. The Morgan fingerprint density at radius 2 is 0.846 bits per heavy atom. The van der Waals surface area contributed by atoms with Gasteiger partial charge < -0.3 is 0 Å². The van der Waals surface area contributed by atoms with Crippen molar-refractivity contribution in [2.75, 3.05) is 0 Å². The zero-order valence-electron chi connectivity index (χ0n) is 11.8. The van der Waals surface area contributed by atoms with Gasteiger partial charge in [0.2, 0.25) is 0 Å². The molecule has 0 aromatic carbocycles.